The van der Waals surface area contributed by atoms with Crippen LogP contribution >= 0.6 is 0 Å². The van der Waals surface area contributed by atoms with Crippen molar-refractivity contribution in [1.29, 1.82) is 5.41 Å². The van der Waals surface area contributed by atoms with Gasteiger partial charge in [-0.15, -0.1) is 0 Å². The molecule has 0 aromatic carbocycles. The van der Waals surface area contributed by atoms with Gasteiger partial charge in [0.2, 0.25) is 5.96 Å². The van der Waals surface area contributed by atoms with Crippen LogP contribution in [0.4, 0.5) is 9.59 Å². The Kier molecular flexibility index (Phi) is 8.07. The number of alkyl carbamates (subject to hydrolysis) is 1. The minimum absolute atomic E-state index is 0.164. The van der Waals surface area contributed by atoms with Crippen molar-refractivity contribution in [2.75, 3.05) is 13.1 Å². The number of ether oxygens (including phenoxy) is 2. The maximum Gasteiger partial charge on any atom is 0.417 e. The lowest BCUT2D eigenvalue weighted by Gasteiger charge is -2.35. The third-order valence-electron chi connectivity index (χ3n) is 4.29. The average molecular weight is 385 g/mol. The van der Waals surface area contributed by atoms with E-state index in [0.717, 1.165) is 25.7 Å². The fourth-order valence-corrected chi connectivity index (χ4v) is 3.11. The Morgan fingerprint density at radius 2 is 1.56 bits per heavy atom. The summed E-state index contributed by atoms with van der Waals surface area (Å²) in [6.07, 6.45) is 2.69. The van der Waals surface area contributed by atoms with Gasteiger partial charge in [-0.3, -0.25) is 10.7 Å². The molecule has 8 heteroatoms. The number of carbonyl (C=O) groups is 2. The van der Waals surface area contributed by atoms with E-state index >= 15 is 0 Å². The van der Waals surface area contributed by atoms with Crippen LogP contribution in [0.1, 0.15) is 67.2 Å². The molecule has 1 aliphatic rings. The van der Waals surface area contributed by atoms with Crippen molar-refractivity contribution < 1.29 is 19.1 Å². The minimum atomic E-state index is -0.778. The predicted octanol–water partition coefficient (Wildman–Crippen LogP) is 3.45. The van der Waals surface area contributed by atoms with E-state index in [1.54, 1.807) is 41.5 Å². The molecule has 0 radical (unpaired) electrons. The second kappa shape index (κ2) is 9.39. The van der Waals surface area contributed by atoms with E-state index in [1.807, 2.05) is 0 Å². The van der Waals surface area contributed by atoms with Gasteiger partial charge in [-0.25, -0.2) is 14.5 Å². The van der Waals surface area contributed by atoms with Crippen molar-refractivity contribution in [3.8, 4) is 0 Å². The number of carbonyl (C=O) groups excluding carboxylic acids is 2. The second-order valence-electron chi connectivity index (χ2n) is 9.11. The highest BCUT2D eigenvalue weighted by Crippen LogP contribution is 2.30. The molecule has 0 spiro atoms. The van der Waals surface area contributed by atoms with Crippen LogP contribution in [0.15, 0.2) is 0 Å². The number of guanidine groups is 1. The number of nitrogens with zero attached hydrogens (tertiary/aromatic N) is 1. The van der Waals surface area contributed by atoms with Crippen LogP contribution < -0.4 is 11.1 Å². The molecular formula is C19H36N4O4. The molecule has 1 aliphatic carbocycles. The molecule has 0 saturated heterocycles. The summed E-state index contributed by atoms with van der Waals surface area (Å²) in [5.74, 6) is 0.106. The zero-order valence-electron chi connectivity index (χ0n) is 17.6. The van der Waals surface area contributed by atoms with E-state index in [1.165, 1.54) is 4.90 Å². The predicted molar refractivity (Wildman–Crippen MR) is 105 cm³/mol. The van der Waals surface area contributed by atoms with E-state index in [-0.39, 0.29) is 24.3 Å². The van der Waals surface area contributed by atoms with Gasteiger partial charge in [-0.1, -0.05) is 12.8 Å². The number of hydrogen-bond donors (Lipinski definition) is 3. The van der Waals surface area contributed by atoms with E-state index in [2.05, 4.69) is 5.32 Å². The first-order valence-corrected chi connectivity index (χ1v) is 9.61. The molecule has 0 aromatic heterocycles. The topological polar surface area (TPSA) is 118 Å². The van der Waals surface area contributed by atoms with Crippen molar-refractivity contribution in [3.05, 3.63) is 0 Å². The summed E-state index contributed by atoms with van der Waals surface area (Å²) in [5, 5.41) is 10.6. The van der Waals surface area contributed by atoms with Gasteiger partial charge in [-0.05, 0) is 72.8 Å². The molecule has 27 heavy (non-hydrogen) atoms. The maximum absolute atomic E-state index is 12.7. The molecule has 0 aromatic rings. The largest absolute Gasteiger partial charge is 0.444 e. The quantitative estimate of drug-likeness (QED) is 0.509. The molecule has 2 amide bonds. The lowest BCUT2D eigenvalue weighted by atomic mass is 9.79. The Bertz CT molecular complexity index is 537. The molecule has 1 fully saturated rings. The van der Waals surface area contributed by atoms with Gasteiger partial charge in [0.15, 0.2) is 0 Å². The van der Waals surface area contributed by atoms with Crippen LogP contribution in [0.5, 0.6) is 0 Å². The van der Waals surface area contributed by atoms with Crippen LogP contribution in [0, 0.1) is 17.2 Å². The van der Waals surface area contributed by atoms with Crippen LogP contribution in [0.3, 0.4) is 0 Å². The molecular weight excluding hydrogens is 348 g/mol. The van der Waals surface area contributed by atoms with Crippen LogP contribution in [0.25, 0.3) is 0 Å². The summed E-state index contributed by atoms with van der Waals surface area (Å²) in [7, 11) is 0. The van der Waals surface area contributed by atoms with Crippen LogP contribution in [-0.4, -0.2) is 47.3 Å². The molecule has 0 aliphatic heterocycles. The Morgan fingerprint density at radius 3 is 2.04 bits per heavy atom. The summed E-state index contributed by atoms with van der Waals surface area (Å²) in [5.41, 5.74) is 4.49. The zero-order valence-corrected chi connectivity index (χ0v) is 17.6. The number of rotatable bonds is 3. The Hall–Kier alpha value is -1.83. The Balaban J connectivity index is 2.91. The van der Waals surface area contributed by atoms with Crippen LogP contribution in [-0.2, 0) is 9.47 Å². The molecule has 2 atom stereocenters. The highest BCUT2D eigenvalue weighted by Gasteiger charge is 2.33. The van der Waals surface area contributed by atoms with Crippen LogP contribution in [0.2, 0.25) is 0 Å². The fourth-order valence-electron chi connectivity index (χ4n) is 3.11. The number of amides is 2. The third-order valence-corrected chi connectivity index (χ3v) is 4.29. The molecule has 0 heterocycles. The average Bonchev–Trinajstić information content (AvgIpc) is 2.48. The monoisotopic (exact) mass is 384 g/mol. The standard InChI is InChI=1S/C19H36N4O4/c1-18(2,3)26-16(24)22-15(21)23(17(25)27-19(4,5)6)12-14-10-8-7-9-13(14)11-20/h13-14H,7-12,20H2,1-6H3,(H2,21,22,24). The van der Waals surface area contributed by atoms with E-state index < -0.39 is 23.4 Å². The zero-order chi connectivity index (χ0) is 20.8. The Labute approximate surface area is 162 Å². The molecule has 8 nitrogen and oxygen atoms in total. The lowest BCUT2D eigenvalue weighted by Crippen LogP contribution is -2.52. The van der Waals surface area contributed by atoms with Gasteiger partial charge >= 0.3 is 12.2 Å². The van der Waals surface area contributed by atoms with E-state index in [9.17, 15) is 9.59 Å². The van der Waals surface area contributed by atoms with Crippen molar-refractivity contribution in [3.63, 3.8) is 0 Å². The Morgan fingerprint density at radius 1 is 1.04 bits per heavy atom. The first kappa shape index (κ1) is 23.2. The van der Waals surface area contributed by atoms with Gasteiger partial charge in [0.05, 0.1) is 0 Å². The first-order valence-electron chi connectivity index (χ1n) is 9.61. The summed E-state index contributed by atoms with van der Waals surface area (Å²) in [6.45, 7) is 11.3. The van der Waals surface area contributed by atoms with Crippen molar-refractivity contribution in [2.24, 2.45) is 17.6 Å². The second-order valence-corrected chi connectivity index (χ2v) is 9.11. The smallest absolute Gasteiger partial charge is 0.417 e. The van der Waals surface area contributed by atoms with Gasteiger partial charge in [0, 0.05) is 6.54 Å². The fraction of sp³-hybridized carbons (Fsp3) is 0.842. The summed E-state index contributed by atoms with van der Waals surface area (Å²) in [6, 6.07) is 0. The molecule has 2 unspecified atom stereocenters. The molecule has 1 saturated carbocycles. The van der Waals surface area contributed by atoms with Gasteiger partial charge in [0.1, 0.15) is 11.2 Å². The van der Waals surface area contributed by atoms with E-state index in [4.69, 9.17) is 20.6 Å². The normalized spacial score (nSPS) is 20.6. The molecule has 0 bridgehead atoms. The van der Waals surface area contributed by atoms with Crippen molar-refractivity contribution in [2.45, 2.75) is 78.4 Å². The third kappa shape index (κ3) is 8.60. The van der Waals surface area contributed by atoms with Gasteiger partial charge < -0.3 is 15.2 Å². The molecule has 156 valence electrons. The maximum atomic E-state index is 12.7. The molecule has 1 rings (SSSR count). The first-order chi connectivity index (χ1) is 12.3. The van der Waals surface area contributed by atoms with E-state index in [0.29, 0.717) is 6.54 Å². The minimum Gasteiger partial charge on any atom is -0.444 e. The number of hydrogen-bond acceptors (Lipinski definition) is 6. The van der Waals surface area contributed by atoms with Crippen molar-refractivity contribution >= 4 is 18.1 Å². The van der Waals surface area contributed by atoms with Gasteiger partial charge in [-0.2, -0.15) is 0 Å². The van der Waals surface area contributed by atoms with Gasteiger partial charge in [0.25, 0.3) is 0 Å². The summed E-state index contributed by atoms with van der Waals surface area (Å²) < 4.78 is 10.6. The highest BCUT2D eigenvalue weighted by molar-refractivity contribution is 5.99. The summed E-state index contributed by atoms with van der Waals surface area (Å²) >= 11 is 0. The lowest BCUT2D eigenvalue weighted by molar-refractivity contribution is 0.0310. The highest BCUT2D eigenvalue weighted by atomic mass is 16.6. The van der Waals surface area contributed by atoms with Crippen molar-refractivity contribution in [1.82, 2.24) is 10.2 Å². The SMILES string of the molecule is CC(C)(C)OC(=O)NC(=N)N(CC1CCCCC1CN)C(=O)OC(C)(C)C. The number of nitrogens with two attached hydrogens (primary N) is 1. The number of nitrogens with one attached hydrogen (secondary N) is 2. The molecule has 4 N–H and O–H groups in total. The summed E-state index contributed by atoms with van der Waals surface area (Å²) in [4.78, 5) is 25.9.